The standard InChI is InChI=1S/C22H40O4/c23-21(24)19-17-15-13-11-9-7-5-3-1-2-4-6-8-10-12-14-16-18-20-22(25)26/h15,17H,1-14,16,18-20H2,(H,23,24)(H,25,26)/b17-15-. The topological polar surface area (TPSA) is 74.6 Å². The Labute approximate surface area is 160 Å². The molecule has 0 saturated carbocycles. The average molecular weight is 369 g/mol. The van der Waals surface area contributed by atoms with E-state index < -0.39 is 11.9 Å². The molecule has 0 unspecified atom stereocenters. The van der Waals surface area contributed by atoms with Crippen molar-refractivity contribution in [2.45, 2.75) is 116 Å². The summed E-state index contributed by atoms with van der Waals surface area (Å²) in [6.45, 7) is 0. The Morgan fingerprint density at radius 1 is 0.500 bits per heavy atom. The van der Waals surface area contributed by atoms with E-state index in [4.69, 9.17) is 10.2 Å². The molecule has 0 saturated heterocycles. The van der Waals surface area contributed by atoms with Gasteiger partial charge in [-0.15, -0.1) is 0 Å². The maximum Gasteiger partial charge on any atom is 0.307 e. The molecule has 0 radical (unpaired) electrons. The highest BCUT2D eigenvalue weighted by atomic mass is 16.4. The highest BCUT2D eigenvalue weighted by molar-refractivity contribution is 5.68. The lowest BCUT2D eigenvalue weighted by molar-refractivity contribution is -0.137. The summed E-state index contributed by atoms with van der Waals surface area (Å²) in [5.74, 6) is -1.43. The Kier molecular flexibility index (Phi) is 19.0. The molecule has 0 rings (SSSR count). The molecule has 4 heteroatoms. The van der Waals surface area contributed by atoms with Crippen molar-refractivity contribution < 1.29 is 19.8 Å². The van der Waals surface area contributed by atoms with Crippen LogP contribution in [-0.2, 0) is 9.59 Å². The van der Waals surface area contributed by atoms with Crippen molar-refractivity contribution in [3.63, 3.8) is 0 Å². The molecule has 0 aromatic heterocycles. The fourth-order valence-electron chi connectivity index (χ4n) is 3.14. The first kappa shape index (κ1) is 24.7. The fraction of sp³-hybridized carbons (Fsp3) is 0.818. The third kappa shape index (κ3) is 22.7. The predicted molar refractivity (Wildman–Crippen MR) is 108 cm³/mol. The molecule has 0 atom stereocenters. The molecule has 152 valence electrons. The summed E-state index contributed by atoms with van der Waals surface area (Å²) in [5, 5.41) is 17.1. The van der Waals surface area contributed by atoms with Crippen LogP contribution in [0.15, 0.2) is 12.2 Å². The monoisotopic (exact) mass is 368 g/mol. The molecule has 0 fully saturated rings. The van der Waals surface area contributed by atoms with Crippen molar-refractivity contribution in [1.82, 2.24) is 0 Å². The molecule has 2 N–H and O–H groups in total. The van der Waals surface area contributed by atoms with Gasteiger partial charge in [-0.2, -0.15) is 0 Å². The molecule has 0 spiro atoms. The Morgan fingerprint density at radius 2 is 0.885 bits per heavy atom. The number of rotatable bonds is 20. The summed E-state index contributed by atoms with van der Waals surface area (Å²) in [6, 6.07) is 0. The van der Waals surface area contributed by atoms with E-state index in [1.165, 1.54) is 83.5 Å². The third-order valence-corrected chi connectivity index (χ3v) is 4.72. The van der Waals surface area contributed by atoms with Crippen LogP contribution in [0.3, 0.4) is 0 Å². The van der Waals surface area contributed by atoms with E-state index in [-0.39, 0.29) is 6.42 Å². The first-order valence-electron chi connectivity index (χ1n) is 10.7. The second-order valence-electron chi connectivity index (χ2n) is 7.30. The first-order chi connectivity index (χ1) is 12.6. The predicted octanol–water partition coefficient (Wildman–Crippen LogP) is 6.73. The zero-order valence-corrected chi connectivity index (χ0v) is 16.6. The minimum Gasteiger partial charge on any atom is -0.481 e. The summed E-state index contributed by atoms with van der Waals surface area (Å²) >= 11 is 0. The van der Waals surface area contributed by atoms with Crippen molar-refractivity contribution in [3.8, 4) is 0 Å². The number of carbonyl (C=O) groups is 2. The quantitative estimate of drug-likeness (QED) is 0.184. The maximum absolute atomic E-state index is 10.4. The first-order valence-corrected chi connectivity index (χ1v) is 10.7. The van der Waals surface area contributed by atoms with Crippen molar-refractivity contribution in [3.05, 3.63) is 12.2 Å². The van der Waals surface area contributed by atoms with Gasteiger partial charge in [-0.3, -0.25) is 9.59 Å². The van der Waals surface area contributed by atoms with Crippen LogP contribution in [0.5, 0.6) is 0 Å². The van der Waals surface area contributed by atoms with Crippen molar-refractivity contribution >= 4 is 11.9 Å². The second-order valence-corrected chi connectivity index (χ2v) is 7.30. The zero-order chi connectivity index (χ0) is 19.3. The van der Waals surface area contributed by atoms with Gasteiger partial charge >= 0.3 is 11.9 Å². The van der Waals surface area contributed by atoms with Gasteiger partial charge in [-0.1, -0.05) is 95.6 Å². The van der Waals surface area contributed by atoms with Gasteiger partial charge in [0.25, 0.3) is 0 Å². The van der Waals surface area contributed by atoms with Gasteiger partial charge in [0, 0.05) is 6.42 Å². The lowest BCUT2D eigenvalue weighted by Gasteiger charge is -2.03. The van der Waals surface area contributed by atoms with Gasteiger partial charge < -0.3 is 10.2 Å². The van der Waals surface area contributed by atoms with E-state index in [1.54, 1.807) is 6.08 Å². The minimum atomic E-state index is -0.755. The third-order valence-electron chi connectivity index (χ3n) is 4.72. The van der Waals surface area contributed by atoms with Gasteiger partial charge in [-0.05, 0) is 19.3 Å². The number of carboxylic acid groups (broad SMARTS) is 2. The van der Waals surface area contributed by atoms with Crippen LogP contribution in [0.4, 0.5) is 0 Å². The average Bonchev–Trinajstić information content (AvgIpc) is 2.59. The van der Waals surface area contributed by atoms with E-state index >= 15 is 0 Å². The van der Waals surface area contributed by atoms with Crippen LogP contribution < -0.4 is 0 Å². The second kappa shape index (κ2) is 20.0. The lowest BCUT2D eigenvalue weighted by Crippen LogP contribution is -1.93. The van der Waals surface area contributed by atoms with Crippen molar-refractivity contribution in [1.29, 1.82) is 0 Å². The molecule has 0 aromatic rings. The van der Waals surface area contributed by atoms with Gasteiger partial charge in [0.15, 0.2) is 0 Å². The van der Waals surface area contributed by atoms with Crippen LogP contribution in [0, 0.1) is 0 Å². The van der Waals surface area contributed by atoms with Crippen LogP contribution in [0.2, 0.25) is 0 Å². The number of hydrogen-bond acceptors (Lipinski definition) is 2. The Morgan fingerprint density at radius 3 is 1.27 bits per heavy atom. The number of unbranched alkanes of at least 4 members (excludes halogenated alkanes) is 15. The molecule has 0 bridgehead atoms. The molecule has 0 aliphatic heterocycles. The van der Waals surface area contributed by atoms with E-state index in [0.29, 0.717) is 6.42 Å². The SMILES string of the molecule is O=C(O)C/C=C\CCCCCCCCCCCCCCCCCC(=O)O. The maximum atomic E-state index is 10.4. The molecule has 0 aromatic carbocycles. The largest absolute Gasteiger partial charge is 0.481 e. The molecule has 0 heterocycles. The number of aliphatic carboxylic acids is 2. The summed E-state index contributed by atoms with van der Waals surface area (Å²) < 4.78 is 0. The van der Waals surface area contributed by atoms with Crippen LogP contribution in [0.25, 0.3) is 0 Å². The lowest BCUT2D eigenvalue weighted by atomic mass is 10.0. The van der Waals surface area contributed by atoms with Crippen molar-refractivity contribution in [2.75, 3.05) is 0 Å². The highest BCUT2D eigenvalue weighted by Crippen LogP contribution is 2.14. The number of hydrogen-bond donors (Lipinski definition) is 2. The van der Waals surface area contributed by atoms with Gasteiger partial charge in [-0.25, -0.2) is 0 Å². The summed E-state index contributed by atoms with van der Waals surface area (Å²) in [7, 11) is 0. The molecule has 0 aliphatic carbocycles. The van der Waals surface area contributed by atoms with E-state index in [2.05, 4.69) is 0 Å². The Balaban J connectivity index is 3.06. The van der Waals surface area contributed by atoms with Crippen LogP contribution >= 0.6 is 0 Å². The van der Waals surface area contributed by atoms with Crippen LogP contribution in [0.1, 0.15) is 116 Å². The van der Waals surface area contributed by atoms with Gasteiger partial charge in [0.2, 0.25) is 0 Å². The van der Waals surface area contributed by atoms with Crippen molar-refractivity contribution in [2.24, 2.45) is 0 Å². The van der Waals surface area contributed by atoms with Crippen LogP contribution in [-0.4, -0.2) is 22.2 Å². The number of carboxylic acids is 2. The summed E-state index contributed by atoms with van der Waals surface area (Å²) in [6.07, 6.45) is 24.0. The molecular formula is C22H40O4. The van der Waals surface area contributed by atoms with E-state index in [0.717, 1.165) is 19.3 Å². The summed E-state index contributed by atoms with van der Waals surface area (Å²) in [4.78, 5) is 20.7. The van der Waals surface area contributed by atoms with E-state index in [9.17, 15) is 9.59 Å². The summed E-state index contributed by atoms with van der Waals surface area (Å²) in [5.41, 5.74) is 0. The number of allylic oxidation sites excluding steroid dienone is 1. The van der Waals surface area contributed by atoms with E-state index in [1.807, 2.05) is 6.08 Å². The Bertz CT molecular complexity index is 363. The van der Waals surface area contributed by atoms with Gasteiger partial charge in [0.05, 0.1) is 6.42 Å². The smallest absolute Gasteiger partial charge is 0.307 e. The molecular weight excluding hydrogens is 328 g/mol. The fourth-order valence-corrected chi connectivity index (χ4v) is 3.14. The molecule has 0 aliphatic rings. The molecule has 26 heavy (non-hydrogen) atoms. The molecule has 0 amide bonds. The zero-order valence-electron chi connectivity index (χ0n) is 16.6. The minimum absolute atomic E-state index is 0.146. The Hall–Kier alpha value is -1.32. The molecule has 4 nitrogen and oxygen atoms in total. The highest BCUT2D eigenvalue weighted by Gasteiger charge is 1.97. The van der Waals surface area contributed by atoms with Gasteiger partial charge in [0.1, 0.15) is 0 Å². The normalized spacial score (nSPS) is 11.2.